The summed E-state index contributed by atoms with van der Waals surface area (Å²) < 4.78 is 34.8. The third-order valence-corrected chi connectivity index (χ3v) is 11.5. The van der Waals surface area contributed by atoms with Crippen LogP contribution in [0.3, 0.4) is 0 Å². The Balaban J connectivity index is 1.27. The van der Waals surface area contributed by atoms with Crippen molar-refractivity contribution in [3.05, 3.63) is 29.8 Å². The fraction of sp³-hybridized carbons (Fsp3) is 0.778. The van der Waals surface area contributed by atoms with Gasteiger partial charge in [0.05, 0.1) is 0 Å². The Labute approximate surface area is 196 Å². The summed E-state index contributed by atoms with van der Waals surface area (Å²) in [5, 5.41) is 0. The van der Waals surface area contributed by atoms with Gasteiger partial charge in [-0.15, -0.1) is 0 Å². The quantitative estimate of drug-likeness (QED) is 0.218. The number of hydrogen-bond donors (Lipinski definition) is 0. The summed E-state index contributed by atoms with van der Waals surface area (Å²) in [4.78, 5) is 0. The van der Waals surface area contributed by atoms with Gasteiger partial charge >= 0.3 is 0 Å². The number of benzene rings is 1. The second kappa shape index (κ2) is 14.3. The maximum atomic E-state index is 12.3. The largest absolute Gasteiger partial charge is 0.488 e. The van der Waals surface area contributed by atoms with E-state index in [0.29, 0.717) is 11.7 Å². The highest BCUT2D eigenvalue weighted by atomic mass is 28.3. The fourth-order valence-electron chi connectivity index (χ4n) is 5.92. The Kier molecular flexibility index (Phi) is 11.5. The molecule has 2 nitrogen and oxygen atoms in total. The molecule has 0 unspecified atom stereocenters. The second-order valence-electron chi connectivity index (χ2n) is 10.3. The van der Waals surface area contributed by atoms with Crippen molar-refractivity contribution in [3.63, 3.8) is 0 Å². The van der Waals surface area contributed by atoms with Gasteiger partial charge < -0.3 is 9.47 Å². The van der Waals surface area contributed by atoms with Gasteiger partial charge in [-0.3, -0.25) is 0 Å². The Morgan fingerprint density at radius 2 is 1.53 bits per heavy atom. The van der Waals surface area contributed by atoms with Crippen LogP contribution < -0.4 is 4.74 Å². The van der Waals surface area contributed by atoms with Gasteiger partial charge in [-0.05, 0) is 67.6 Å². The minimum Gasteiger partial charge on any atom is -0.488 e. The van der Waals surface area contributed by atoms with Crippen molar-refractivity contribution in [3.8, 4) is 5.75 Å². The van der Waals surface area contributed by atoms with Gasteiger partial charge in [0.2, 0.25) is 0 Å². The van der Waals surface area contributed by atoms with E-state index >= 15 is 0 Å². The van der Waals surface area contributed by atoms with Crippen LogP contribution in [-0.2, 0) is 4.74 Å². The van der Waals surface area contributed by atoms with E-state index in [0.717, 1.165) is 18.4 Å². The van der Waals surface area contributed by atoms with E-state index in [1.54, 1.807) is 25.2 Å². The summed E-state index contributed by atoms with van der Waals surface area (Å²) in [5.74, 6) is 3.09. The summed E-state index contributed by atoms with van der Waals surface area (Å²) in [7, 11) is 1.39. The SMILES string of the molecule is COCCCCC[SiH]1CCC(CCC2CCC(c3ccc(OCC(F)F)cc3)CC2)CC1. The van der Waals surface area contributed by atoms with Gasteiger partial charge in [0, 0.05) is 22.5 Å². The van der Waals surface area contributed by atoms with E-state index in [1.165, 1.54) is 76.2 Å². The third kappa shape index (κ3) is 9.13. The minimum atomic E-state index is -2.42. The zero-order valence-electron chi connectivity index (χ0n) is 20.1. The van der Waals surface area contributed by atoms with Gasteiger partial charge in [-0.25, -0.2) is 8.78 Å². The lowest BCUT2D eigenvalue weighted by atomic mass is 9.76. The van der Waals surface area contributed by atoms with E-state index in [-0.39, 0.29) is 0 Å². The molecule has 1 saturated heterocycles. The van der Waals surface area contributed by atoms with E-state index in [9.17, 15) is 8.78 Å². The highest BCUT2D eigenvalue weighted by molar-refractivity contribution is 6.58. The highest BCUT2D eigenvalue weighted by Gasteiger charge is 2.25. The van der Waals surface area contributed by atoms with Crippen LogP contribution in [0.1, 0.15) is 82.1 Å². The standard InChI is InChI=1S/C27H44F2O2Si/c1-30-17-3-2-4-18-32-19-15-23(16-20-32)6-5-22-7-9-24(10-8-22)25-11-13-26(14-12-25)31-21-27(28)29/h11-14,22-24,27,32H,2-10,15-21H2,1H3. The molecular weight excluding hydrogens is 422 g/mol. The molecule has 0 aromatic heterocycles. The predicted octanol–water partition coefficient (Wildman–Crippen LogP) is 7.84. The van der Waals surface area contributed by atoms with Gasteiger partial charge in [0.1, 0.15) is 12.4 Å². The van der Waals surface area contributed by atoms with E-state index in [4.69, 9.17) is 9.47 Å². The average Bonchev–Trinajstić information content (AvgIpc) is 2.83. The van der Waals surface area contributed by atoms with Crippen LogP contribution in [0.5, 0.6) is 5.75 Å². The molecule has 182 valence electrons. The summed E-state index contributed by atoms with van der Waals surface area (Å²) in [6.45, 7) is 0.407. The average molecular weight is 467 g/mol. The molecule has 0 bridgehead atoms. The maximum Gasteiger partial charge on any atom is 0.272 e. The first-order valence-electron chi connectivity index (χ1n) is 13.1. The number of methoxy groups -OCH3 is 1. The van der Waals surface area contributed by atoms with Gasteiger partial charge in [-0.1, -0.05) is 68.8 Å². The van der Waals surface area contributed by atoms with Gasteiger partial charge in [-0.2, -0.15) is 0 Å². The summed E-state index contributed by atoms with van der Waals surface area (Å²) in [6, 6.07) is 12.6. The van der Waals surface area contributed by atoms with Crippen LogP contribution in [-0.4, -0.2) is 35.5 Å². The van der Waals surface area contributed by atoms with Gasteiger partial charge in [0.15, 0.2) is 0 Å². The van der Waals surface area contributed by atoms with Crippen molar-refractivity contribution in [2.45, 2.75) is 101 Å². The zero-order valence-corrected chi connectivity index (χ0v) is 21.2. The molecule has 0 N–H and O–H groups in total. The minimum absolute atomic E-state index is 0.419. The lowest BCUT2D eigenvalue weighted by molar-refractivity contribution is 0.0819. The van der Waals surface area contributed by atoms with Crippen LogP contribution in [0.4, 0.5) is 8.78 Å². The van der Waals surface area contributed by atoms with Crippen LogP contribution in [0.25, 0.3) is 0 Å². The molecule has 0 radical (unpaired) electrons. The number of rotatable bonds is 13. The van der Waals surface area contributed by atoms with Gasteiger partial charge in [0.25, 0.3) is 6.43 Å². The molecule has 0 amide bonds. The van der Waals surface area contributed by atoms with Crippen molar-refractivity contribution in [1.29, 1.82) is 0 Å². The first kappa shape index (κ1) is 25.7. The zero-order chi connectivity index (χ0) is 22.6. The highest BCUT2D eigenvalue weighted by Crippen LogP contribution is 2.40. The van der Waals surface area contributed by atoms with Crippen LogP contribution in [0, 0.1) is 11.8 Å². The maximum absolute atomic E-state index is 12.3. The van der Waals surface area contributed by atoms with Crippen molar-refractivity contribution < 1.29 is 18.3 Å². The van der Waals surface area contributed by atoms with E-state index < -0.39 is 21.8 Å². The lowest BCUT2D eigenvalue weighted by Crippen LogP contribution is -2.22. The Hall–Kier alpha value is -0.943. The number of unbranched alkanes of at least 4 members (excludes halogenated alkanes) is 2. The summed E-state index contributed by atoms with van der Waals surface area (Å²) in [6.07, 6.45) is 12.8. The molecule has 2 fully saturated rings. The number of halogens is 2. The smallest absolute Gasteiger partial charge is 0.272 e. The van der Waals surface area contributed by atoms with Crippen LogP contribution in [0.2, 0.25) is 18.1 Å². The molecule has 2 aliphatic rings. The molecule has 1 aliphatic heterocycles. The molecule has 0 atom stereocenters. The molecule has 1 saturated carbocycles. The number of alkyl halides is 2. The first-order chi connectivity index (χ1) is 15.6. The molecule has 0 spiro atoms. The molecular formula is C27H44F2O2Si. The lowest BCUT2D eigenvalue weighted by Gasteiger charge is -2.32. The third-order valence-electron chi connectivity index (χ3n) is 7.98. The van der Waals surface area contributed by atoms with Crippen molar-refractivity contribution in [2.24, 2.45) is 11.8 Å². The van der Waals surface area contributed by atoms with Crippen molar-refractivity contribution in [1.82, 2.24) is 0 Å². The predicted molar refractivity (Wildman–Crippen MR) is 132 cm³/mol. The monoisotopic (exact) mass is 466 g/mol. The van der Waals surface area contributed by atoms with E-state index in [2.05, 4.69) is 12.1 Å². The van der Waals surface area contributed by atoms with Crippen molar-refractivity contribution >= 4 is 8.80 Å². The summed E-state index contributed by atoms with van der Waals surface area (Å²) in [5.41, 5.74) is 1.35. The summed E-state index contributed by atoms with van der Waals surface area (Å²) >= 11 is 0. The van der Waals surface area contributed by atoms with Crippen molar-refractivity contribution in [2.75, 3.05) is 20.3 Å². The van der Waals surface area contributed by atoms with Crippen LogP contribution >= 0.6 is 0 Å². The van der Waals surface area contributed by atoms with Crippen LogP contribution in [0.15, 0.2) is 24.3 Å². The normalized spacial score (nSPS) is 26.4. The number of hydrogen-bond acceptors (Lipinski definition) is 2. The molecule has 3 rings (SSSR count). The molecule has 1 aromatic carbocycles. The second-order valence-corrected chi connectivity index (χ2v) is 13.8. The molecule has 1 aromatic rings. The topological polar surface area (TPSA) is 18.5 Å². The molecule has 32 heavy (non-hydrogen) atoms. The van der Waals surface area contributed by atoms with E-state index in [1.807, 2.05) is 12.1 Å². The Bertz CT molecular complexity index is 609. The Morgan fingerprint density at radius 1 is 0.875 bits per heavy atom. The number of ether oxygens (including phenoxy) is 2. The molecule has 1 heterocycles. The molecule has 5 heteroatoms. The fourth-order valence-corrected chi connectivity index (χ4v) is 9.53. The molecule has 1 aliphatic carbocycles. The Morgan fingerprint density at radius 3 is 2.16 bits per heavy atom. The first-order valence-corrected chi connectivity index (χ1v) is 15.6.